The zero-order chi connectivity index (χ0) is 13.7. The molecule has 1 aromatic carbocycles. The number of sulfonamides is 1. The van der Waals surface area contributed by atoms with E-state index in [1.54, 1.807) is 24.3 Å². The Hall–Kier alpha value is -0.950. The van der Waals surface area contributed by atoms with Gasteiger partial charge in [0.15, 0.2) is 0 Å². The highest BCUT2D eigenvalue weighted by atomic mass is 32.2. The molecule has 0 bridgehead atoms. The summed E-state index contributed by atoms with van der Waals surface area (Å²) in [4.78, 5) is 0.302. The van der Waals surface area contributed by atoms with E-state index in [1.165, 1.54) is 4.31 Å². The van der Waals surface area contributed by atoms with Gasteiger partial charge in [0.25, 0.3) is 0 Å². The summed E-state index contributed by atoms with van der Waals surface area (Å²) in [6.45, 7) is 2.03. The lowest BCUT2D eigenvalue weighted by atomic mass is 10.2. The van der Waals surface area contributed by atoms with Gasteiger partial charge in [-0.05, 0) is 30.5 Å². The number of rotatable bonds is 4. The van der Waals surface area contributed by atoms with Crippen molar-refractivity contribution in [2.75, 3.05) is 32.9 Å². The fraction of sp³-hybridized carbons (Fsp3) is 0.538. The molecule has 0 amide bonds. The van der Waals surface area contributed by atoms with Crippen molar-refractivity contribution >= 4 is 10.0 Å². The van der Waals surface area contributed by atoms with Gasteiger partial charge >= 0.3 is 0 Å². The summed E-state index contributed by atoms with van der Waals surface area (Å²) >= 11 is 0. The minimum Gasteiger partial charge on any atom is -0.396 e. The highest BCUT2D eigenvalue weighted by Gasteiger charge is 2.25. The van der Waals surface area contributed by atoms with Gasteiger partial charge in [-0.15, -0.1) is 0 Å². The van der Waals surface area contributed by atoms with Crippen LogP contribution in [0.25, 0.3) is 0 Å². The third kappa shape index (κ3) is 3.54. The van der Waals surface area contributed by atoms with Gasteiger partial charge in [0.1, 0.15) is 0 Å². The lowest BCUT2D eigenvalue weighted by Gasteiger charge is -2.19. The van der Waals surface area contributed by atoms with Gasteiger partial charge in [0.05, 0.1) is 11.5 Å². The van der Waals surface area contributed by atoms with Crippen LogP contribution in [-0.2, 0) is 21.2 Å². The van der Waals surface area contributed by atoms with Crippen LogP contribution in [-0.4, -0.2) is 50.7 Å². The van der Waals surface area contributed by atoms with E-state index in [0.717, 1.165) is 12.0 Å². The van der Waals surface area contributed by atoms with Crippen molar-refractivity contribution in [2.24, 2.45) is 0 Å². The molecular weight excluding hydrogens is 266 g/mol. The summed E-state index contributed by atoms with van der Waals surface area (Å²) in [7, 11) is -3.43. The minimum atomic E-state index is -3.43. The van der Waals surface area contributed by atoms with E-state index < -0.39 is 10.0 Å². The molecule has 6 heteroatoms. The predicted molar refractivity (Wildman–Crippen MR) is 71.4 cm³/mol. The van der Waals surface area contributed by atoms with Crippen LogP contribution in [0.3, 0.4) is 0 Å². The summed E-state index contributed by atoms with van der Waals surface area (Å²) in [6, 6.07) is 6.70. The molecule has 19 heavy (non-hydrogen) atoms. The SMILES string of the molecule is O=S(=O)(c1ccc(CCO)cc1)N1CCCOCC1. The van der Waals surface area contributed by atoms with Crippen LogP contribution in [0.1, 0.15) is 12.0 Å². The first-order chi connectivity index (χ1) is 9.14. The molecule has 5 nitrogen and oxygen atoms in total. The number of nitrogens with zero attached hydrogens (tertiary/aromatic N) is 1. The number of ether oxygens (including phenoxy) is 1. The summed E-state index contributed by atoms with van der Waals surface area (Å²) in [5.74, 6) is 0. The fourth-order valence-electron chi connectivity index (χ4n) is 2.07. The van der Waals surface area contributed by atoms with Crippen LogP contribution in [0.15, 0.2) is 29.2 Å². The molecule has 0 unspecified atom stereocenters. The highest BCUT2D eigenvalue weighted by Crippen LogP contribution is 2.18. The molecule has 1 aromatic rings. The van der Waals surface area contributed by atoms with Crippen molar-refractivity contribution in [3.05, 3.63) is 29.8 Å². The van der Waals surface area contributed by atoms with E-state index in [4.69, 9.17) is 9.84 Å². The largest absolute Gasteiger partial charge is 0.396 e. The van der Waals surface area contributed by atoms with Crippen molar-refractivity contribution in [1.29, 1.82) is 0 Å². The molecule has 1 saturated heterocycles. The molecule has 0 aromatic heterocycles. The minimum absolute atomic E-state index is 0.0650. The first-order valence-electron chi connectivity index (χ1n) is 6.42. The topological polar surface area (TPSA) is 66.8 Å². The van der Waals surface area contributed by atoms with Crippen LogP contribution in [0.5, 0.6) is 0 Å². The van der Waals surface area contributed by atoms with Gasteiger partial charge in [0.2, 0.25) is 10.0 Å². The lowest BCUT2D eigenvalue weighted by Crippen LogP contribution is -2.33. The monoisotopic (exact) mass is 285 g/mol. The van der Waals surface area contributed by atoms with Crippen LogP contribution in [0, 0.1) is 0 Å². The smallest absolute Gasteiger partial charge is 0.243 e. The van der Waals surface area contributed by atoms with E-state index in [-0.39, 0.29) is 6.61 Å². The molecule has 0 aliphatic carbocycles. The van der Waals surface area contributed by atoms with Crippen LogP contribution in [0.2, 0.25) is 0 Å². The zero-order valence-electron chi connectivity index (χ0n) is 10.8. The first kappa shape index (κ1) is 14.5. The van der Waals surface area contributed by atoms with Gasteiger partial charge in [-0.1, -0.05) is 12.1 Å². The second-order valence-electron chi connectivity index (χ2n) is 4.49. The Morgan fingerprint density at radius 2 is 1.89 bits per heavy atom. The second-order valence-corrected chi connectivity index (χ2v) is 6.43. The first-order valence-corrected chi connectivity index (χ1v) is 7.86. The molecule has 0 radical (unpaired) electrons. The molecule has 1 N–H and O–H groups in total. The van der Waals surface area contributed by atoms with E-state index in [2.05, 4.69) is 0 Å². The van der Waals surface area contributed by atoms with E-state index in [9.17, 15) is 8.42 Å². The molecule has 0 atom stereocenters. The molecule has 1 aliphatic heterocycles. The summed E-state index contributed by atoms with van der Waals surface area (Å²) in [5, 5.41) is 8.84. The normalized spacial score (nSPS) is 18.2. The van der Waals surface area contributed by atoms with Crippen molar-refractivity contribution in [3.8, 4) is 0 Å². The van der Waals surface area contributed by atoms with Crippen molar-refractivity contribution < 1.29 is 18.3 Å². The second kappa shape index (κ2) is 6.47. The Morgan fingerprint density at radius 3 is 2.58 bits per heavy atom. The zero-order valence-corrected chi connectivity index (χ0v) is 11.6. The number of benzene rings is 1. The van der Waals surface area contributed by atoms with Crippen LogP contribution in [0.4, 0.5) is 0 Å². The van der Waals surface area contributed by atoms with E-state index >= 15 is 0 Å². The molecule has 1 fully saturated rings. The maximum absolute atomic E-state index is 12.4. The maximum atomic E-state index is 12.4. The predicted octanol–water partition coefficient (Wildman–Crippen LogP) is 0.632. The van der Waals surface area contributed by atoms with Gasteiger partial charge in [-0.25, -0.2) is 8.42 Å². The summed E-state index contributed by atoms with van der Waals surface area (Å²) in [5.41, 5.74) is 0.931. The number of aliphatic hydroxyl groups is 1. The lowest BCUT2D eigenvalue weighted by molar-refractivity contribution is 0.148. The average Bonchev–Trinajstić information content (AvgIpc) is 2.69. The maximum Gasteiger partial charge on any atom is 0.243 e. The van der Waals surface area contributed by atoms with Crippen molar-refractivity contribution in [2.45, 2.75) is 17.7 Å². The van der Waals surface area contributed by atoms with E-state index in [0.29, 0.717) is 37.6 Å². The number of hydrogen-bond acceptors (Lipinski definition) is 4. The quantitative estimate of drug-likeness (QED) is 0.881. The Morgan fingerprint density at radius 1 is 1.16 bits per heavy atom. The van der Waals surface area contributed by atoms with Crippen LogP contribution >= 0.6 is 0 Å². The van der Waals surface area contributed by atoms with Crippen molar-refractivity contribution in [1.82, 2.24) is 4.31 Å². The molecule has 1 aliphatic rings. The van der Waals surface area contributed by atoms with Gasteiger partial charge in [0, 0.05) is 26.3 Å². The standard InChI is InChI=1S/C13H19NO4S/c15-9-6-12-2-4-13(5-3-12)19(16,17)14-7-1-10-18-11-8-14/h2-5,15H,1,6-11H2. The Labute approximate surface area is 113 Å². The summed E-state index contributed by atoms with van der Waals surface area (Å²) < 4.78 is 31.6. The van der Waals surface area contributed by atoms with Gasteiger partial charge in [-0.3, -0.25) is 0 Å². The van der Waals surface area contributed by atoms with Gasteiger partial charge in [-0.2, -0.15) is 4.31 Å². The Bertz CT molecular complexity index is 490. The molecule has 0 spiro atoms. The Kier molecular flexibility index (Phi) is 4.93. The van der Waals surface area contributed by atoms with E-state index in [1.807, 2.05) is 0 Å². The third-order valence-electron chi connectivity index (χ3n) is 3.14. The molecule has 2 rings (SSSR count). The molecule has 106 valence electrons. The average molecular weight is 285 g/mol. The molecular formula is C13H19NO4S. The number of hydrogen-bond donors (Lipinski definition) is 1. The third-order valence-corrected chi connectivity index (χ3v) is 5.06. The summed E-state index contributed by atoms with van der Waals surface area (Å²) in [6.07, 6.45) is 1.26. The van der Waals surface area contributed by atoms with Crippen LogP contribution < -0.4 is 0 Å². The molecule has 1 heterocycles. The number of aliphatic hydroxyl groups excluding tert-OH is 1. The fourth-order valence-corrected chi connectivity index (χ4v) is 3.53. The highest BCUT2D eigenvalue weighted by molar-refractivity contribution is 7.89. The van der Waals surface area contributed by atoms with Gasteiger partial charge < -0.3 is 9.84 Å². The Balaban J connectivity index is 2.18. The van der Waals surface area contributed by atoms with Crippen molar-refractivity contribution in [3.63, 3.8) is 0 Å². The molecule has 0 saturated carbocycles.